The van der Waals surface area contributed by atoms with Crippen molar-refractivity contribution in [1.82, 2.24) is 10.2 Å². The molecule has 2 aromatic carbocycles. The van der Waals surface area contributed by atoms with Gasteiger partial charge in [-0.2, -0.15) is 0 Å². The Morgan fingerprint density at radius 3 is 2.50 bits per heavy atom. The van der Waals surface area contributed by atoms with E-state index in [9.17, 15) is 19.5 Å². The fraction of sp³-hybridized carbons (Fsp3) is 0.464. The number of carboxylic acids is 1. The topological polar surface area (TPSA) is 86.7 Å². The maximum Gasteiger partial charge on any atom is 0.305 e. The molecular formula is C28H36N2O4. The summed E-state index contributed by atoms with van der Waals surface area (Å²) in [6.07, 6.45) is 6.44. The van der Waals surface area contributed by atoms with Gasteiger partial charge in [0.15, 0.2) is 0 Å². The predicted molar refractivity (Wildman–Crippen MR) is 133 cm³/mol. The first-order valence-electron chi connectivity index (χ1n) is 12.2. The highest BCUT2D eigenvalue weighted by atomic mass is 16.4. The van der Waals surface area contributed by atoms with Crippen LogP contribution in [-0.4, -0.2) is 40.9 Å². The standard InChI is InChI=1S/C28H36N2O4/c1-19-11-9-13-21-12-7-5-4-6-8-16-25(30(3)20(2)31)28(34)29-24(18-26(32)33)22-14-10-15-23(17-22)27(19)21/h9-11,13-15,17,24-25H,4-8,12,16,18H2,1-3H3,(H,29,34)(H,32,33)/t24-,25-/m0/s1. The summed E-state index contributed by atoms with van der Waals surface area (Å²) in [4.78, 5) is 38.5. The average Bonchev–Trinajstić information content (AvgIpc) is 2.79. The molecule has 0 spiro atoms. The van der Waals surface area contributed by atoms with Crippen LogP contribution in [0.4, 0.5) is 0 Å². The van der Waals surface area contributed by atoms with Gasteiger partial charge in [-0.05, 0) is 60.1 Å². The van der Waals surface area contributed by atoms with E-state index in [1.165, 1.54) is 28.5 Å². The minimum Gasteiger partial charge on any atom is -0.481 e. The molecular weight excluding hydrogens is 428 g/mol. The zero-order valence-corrected chi connectivity index (χ0v) is 20.5. The van der Waals surface area contributed by atoms with Gasteiger partial charge in [-0.15, -0.1) is 0 Å². The normalized spacial score (nSPS) is 19.6. The molecule has 0 saturated carbocycles. The number of nitrogens with zero attached hydrogens (tertiary/aromatic N) is 1. The SMILES string of the molecule is CC(=O)N(C)[C@H]1CCCCCCCc2cccc(C)c2-c2cccc(c2)[C@H](CC(=O)O)NC1=O. The smallest absolute Gasteiger partial charge is 0.305 e. The molecule has 6 nitrogen and oxygen atoms in total. The molecule has 0 unspecified atom stereocenters. The summed E-state index contributed by atoms with van der Waals surface area (Å²) in [5.74, 6) is -1.48. The van der Waals surface area contributed by atoms with Crippen LogP contribution in [0.1, 0.15) is 74.6 Å². The van der Waals surface area contributed by atoms with E-state index in [0.717, 1.165) is 49.7 Å². The van der Waals surface area contributed by atoms with E-state index in [0.29, 0.717) is 6.42 Å². The molecule has 2 amide bonds. The lowest BCUT2D eigenvalue weighted by Crippen LogP contribution is -2.48. The van der Waals surface area contributed by atoms with Crippen LogP contribution in [0, 0.1) is 6.92 Å². The zero-order chi connectivity index (χ0) is 24.7. The number of likely N-dealkylation sites (N-methyl/N-ethyl adjacent to an activating group) is 1. The molecule has 1 aliphatic rings. The van der Waals surface area contributed by atoms with Gasteiger partial charge in [0.1, 0.15) is 6.04 Å². The van der Waals surface area contributed by atoms with Crippen molar-refractivity contribution in [3.8, 4) is 11.1 Å². The van der Waals surface area contributed by atoms with Crippen LogP contribution < -0.4 is 5.32 Å². The van der Waals surface area contributed by atoms with Crippen LogP contribution in [0.3, 0.4) is 0 Å². The first-order chi connectivity index (χ1) is 16.3. The summed E-state index contributed by atoms with van der Waals surface area (Å²) < 4.78 is 0. The molecule has 182 valence electrons. The number of amides is 2. The molecule has 0 saturated heterocycles. The number of rotatable bonds is 3. The first kappa shape index (κ1) is 25.5. The van der Waals surface area contributed by atoms with Crippen LogP contribution in [0.5, 0.6) is 0 Å². The number of carboxylic acid groups (broad SMARTS) is 1. The molecule has 3 rings (SSSR count). The lowest BCUT2D eigenvalue weighted by Gasteiger charge is -2.29. The number of aryl methyl sites for hydroxylation is 2. The highest BCUT2D eigenvalue weighted by molar-refractivity contribution is 5.87. The molecule has 0 aliphatic carbocycles. The van der Waals surface area contributed by atoms with E-state index in [-0.39, 0.29) is 18.2 Å². The van der Waals surface area contributed by atoms with E-state index in [4.69, 9.17) is 0 Å². The average molecular weight is 465 g/mol. The van der Waals surface area contributed by atoms with Gasteiger partial charge in [0, 0.05) is 14.0 Å². The van der Waals surface area contributed by atoms with Gasteiger partial charge < -0.3 is 15.3 Å². The van der Waals surface area contributed by atoms with Crippen LogP contribution in [0.2, 0.25) is 0 Å². The van der Waals surface area contributed by atoms with Crippen molar-refractivity contribution in [3.63, 3.8) is 0 Å². The second kappa shape index (κ2) is 11.8. The Morgan fingerprint density at radius 1 is 1.06 bits per heavy atom. The first-order valence-corrected chi connectivity index (χ1v) is 12.2. The van der Waals surface area contributed by atoms with Gasteiger partial charge in [0.05, 0.1) is 12.5 Å². The Hall–Kier alpha value is -3.15. The summed E-state index contributed by atoms with van der Waals surface area (Å²) >= 11 is 0. The summed E-state index contributed by atoms with van der Waals surface area (Å²) in [5.41, 5.74) is 5.44. The lowest BCUT2D eigenvalue weighted by atomic mass is 9.89. The number of aliphatic carboxylic acids is 1. The third-order valence-corrected chi connectivity index (χ3v) is 6.82. The summed E-state index contributed by atoms with van der Waals surface area (Å²) in [5, 5.41) is 12.5. The van der Waals surface area contributed by atoms with Crippen molar-refractivity contribution in [2.45, 2.75) is 77.3 Å². The molecule has 0 radical (unpaired) electrons. The summed E-state index contributed by atoms with van der Waals surface area (Å²) in [7, 11) is 1.64. The Kier molecular flexibility index (Phi) is 8.85. The van der Waals surface area contributed by atoms with Crippen molar-refractivity contribution >= 4 is 17.8 Å². The zero-order valence-electron chi connectivity index (χ0n) is 20.5. The second-order valence-corrected chi connectivity index (χ2v) is 9.35. The van der Waals surface area contributed by atoms with E-state index < -0.39 is 18.1 Å². The van der Waals surface area contributed by atoms with E-state index >= 15 is 0 Å². The molecule has 0 aromatic heterocycles. The van der Waals surface area contributed by atoms with Gasteiger partial charge in [-0.25, -0.2) is 0 Å². The van der Waals surface area contributed by atoms with Gasteiger partial charge in [0.25, 0.3) is 0 Å². The molecule has 6 heteroatoms. The lowest BCUT2D eigenvalue weighted by molar-refractivity contribution is -0.140. The number of hydrogen-bond acceptors (Lipinski definition) is 3. The number of hydrogen-bond donors (Lipinski definition) is 2. The number of nitrogens with one attached hydrogen (secondary N) is 1. The third-order valence-electron chi connectivity index (χ3n) is 6.82. The Bertz CT molecular complexity index is 1030. The quantitative estimate of drug-likeness (QED) is 0.666. The number of carbonyl (C=O) groups excluding carboxylic acids is 2. The van der Waals surface area contributed by atoms with E-state index in [1.54, 1.807) is 7.05 Å². The van der Waals surface area contributed by atoms with Crippen LogP contribution >= 0.6 is 0 Å². The van der Waals surface area contributed by atoms with Gasteiger partial charge >= 0.3 is 5.97 Å². The van der Waals surface area contributed by atoms with Crippen LogP contribution in [0.25, 0.3) is 11.1 Å². The van der Waals surface area contributed by atoms with E-state index in [1.807, 2.05) is 24.3 Å². The van der Waals surface area contributed by atoms with Crippen LogP contribution in [0.15, 0.2) is 42.5 Å². The van der Waals surface area contributed by atoms with E-state index in [2.05, 4.69) is 30.4 Å². The highest BCUT2D eigenvalue weighted by Gasteiger charge is 2.28. The van der Waals surface area contributed by atoms with Crippen molar-refractivity contribution in [2.24, 2.45) is 0 Å². The molecule has 0 fully saturated rings. The fourth-order valence-electron chi connectivity index (χ4n) is 4.86. The van der Waals surface area contributed by atoms with Gasteiger partial charge in [0.2, 0.25) is 11.8 Å². The maximum atomic E-state index is 13.3. The number of benzene rings is 2. The summed E-state index contributed by atoms with van der Waals surface area (Å²) in [6.45, 7) is 3.55. The van der Waals surface area contributed by atoms with Crippen molar-refractivity contribution < 1.29 is 19.5 Å². The van der Waals surface area contributed by atoms with Crippen molar-refractivity contribution in [3.05, 3.63) is 59.2 Å². The molecule has 2 bridgehead atoms. The van der Waals surface area contributed by atoms with Crippen molar-refractivity contribution in [1.29, 1.82) is 0 Å². The van der Waals surface area contributed by atoms with Crippen molar-refractivity contribution in [2.75, 3.05) is 7.05 Å². The highest BCUT2D eigenvalue weighted by Crippen LogP contribution is 2.32. The van der Waals surface area contributed by atoms with Gasteiger partial charge in [-0.1, -0.05) is 62.1 Å². The molecule has 2 N–H and O–H groups in total. The Balaban J connectivity index is 2.04. The number of fused-ring (bicyclic) bond motifs is 4. The van der Waals surface area contributed by atoms with Crippen LogP contribution in [-0.2, 0) is 20.8 Å². The third kappa shape index (κ3) is 6.46. The minimum absolute atomic E-state index is 0.182. The monoisotopic (exact) mass is 464 g/mol. The number of carbonyl (C=O) groups is 3. The second-order valence-electron chi connectivity index (χ2n) is 9.35. The molecule has 1 aliphatic heterocycles. The molecule has 2 aromatic rings. The maximum absolute atomic E-state index is 13.3. The summed E-state index contributed by atoms with van der Waals surface area (Å²) in [6, 6.07) is 12.9. The van der Waals surface area contributed by atoms with Gasteiger partial charge in [-0.3, -0.25) is 14.4 Å². The molecule has 2 atom stereocenters. The molecule has 1 heterocycles. The fourth-order valence-corrected chi connectivity index (χ4v) is 4.86. The predicted octanol–water partition coefficient (Wildman–Crippen LogP) is 5.04. The largest absolute Gasteiger partial charge is 0.481 e. The molecule has 34 heavy (non-hydrogen) atoms. The Morgan fingerprint density at radius 2 is 1.76 bits per heavy atom. The Labute approximate surface area is 202 Å². The minimum atomic E-state index is -0.988.